The van der Waals surface area contributed by atoms with E-state index >= 15 is 0 Å². The van der Waals surface area contributed by atoms with Gasteiger partial charge in [0.05, 0.1) is 5.75 Å². The third kappa shape index (κ3) is 4.32. The smallest absolute Gasteiger partial charge is 0.254 e. The molecule has 0 radical (unpaired) electrons. The van der Waals surface area contributed by atoms with Gasteiger partial charge in [0.1, 0.15) is 0 Å². The predicted molar refractivity (Wildman–Crippen MR) is 92.1 cm³/mol. The molecule has 1 heterocycles. The van der Waals surface area contributed by atoms with Crippen molar-refractivity contribution in [1.29, 1.82) is 0 Å². The Hall–Kier alpha value is -1.40. The standard InChI is InChI=1S/C17H26N2O3S/c1-4-5-12-23(21,22)19-10-8-18(9-11-19)17(20)16-13-14(2)6-7-15(16)3/h6-7,13H,4-5,8-12H2,1-3H3. The summed E-state index contributed by atoms with van der Waals surface area (Å²) in [5, 5.41) is 0. The van der Waals surface area contributed by atoms with Crippen LogP contribution in [0.2, 0.25) is 0 Å². The first-order valence-corrected chi connectivity index (χ1v) is 9.80. The lowest BCUT2D eigenvalue weighted by molar-refractivity contribution is 0.0697. The Labute approximate surface area is 139 Å². The van der Waals surface area contributed by atoms with Crippen LogP contribution < -0.4 is 0 Å². The number of benzene rings is 1. The van der Waals surface area contributed by atoms with Crippen LogP contribution in [0.15, 0.2) is 18.2 Å². The molecule has 0 spiro atoms. The van der Waals surface area contributed by atoms with Crippen molar-refractivity contribution in [2.24, 2.45) is 0 Å². The Balaban J connectivity index is 2.01. The van der Waals surface area contributed by atoms with E-state index in [0.717, 1.165) is 17.5 Å². The second-order valence-corrected chi connectivity index (χ2v) is 8.27. The van der Waals surface area contributed by atoms with Crippen LogP contribution in [0.25, 0.3) is 0 Å². The summed E-state index contributed by atoms with van der Waals surface area (Å²) >= 11 is 0. The molecule has 23 heavy (non-hydrogen) atoms. The minimum absolute atomic E-state index is 0.00296. The van der Waals surface area contributed by atoms with E-state index in [1.807, 2.05) is 39.0 Å². The van der Waals surface area contributed by atoms with Crippen LogP contribution >= 0.6 is 0 Å². The zero-order chi connectivity index (χ0) is 17.0. The molecule has 0 unspecified atom stereocenters. The van der Waals surface area contributed by atoms with Gasteiger partial charge in [-0.05, 0) is 31.9 Å². The highest BCUT2D eigenvalue weighted by Crippen LogP contribution is 2.16. The van der Waals surface area contributed by atoms with Gasteiger partial charge in [0.25, 0.3) is 5.91 Å². The molecular weight excluding hydrogens is 312 g/mol. The second kappa shape index (κ2) is 7.45. The molecule has 0 aliphatic carbocycles. The number of hydrogen-bond acceptors (Lipinski definition) is 3. The molecule has 1 aromatic rings. The fourth-order valence-corrected chi connectivity index (χ4v) is 4.39. The molecule has 0 aromatic heterocycles. The highest BCUT2D eigenvalue weighted by Gasteiger charge is 2.29. The van der Waals surface area contributed by atoms with Crippen molar-refractivity contribution >= 4 is 15.9 Å². The number of sulfonamides is 1. The van der Waals surface area contributed by atoms with Crippen LogP contribution in [0, 0.1) is 13.8 Å². The van der Waals surface area contributed by atoms with Gasteiger partial charge in [-0.2, -0.15) is 4.31 Å². The molecule has 0 saturated carbocycles. The minimum atomic E-state index is -3.18. The third-order valence-corrected chi connectivity index (χ3v) is 6.26. The number of aryl methyl sites for hydroxylation is 2. The molecule has 5 nitrogen and oxygen atoms in total. The number of unbranched alkanes of at least 4 members (excludes halogenated alkanes) is 1. The summed E-state index contributed by atoms with van der Waals surface area (Å²) in [7, 11) is -3.18. The van der Waals surface area contributed by atoms with E-state index in [4.69, 9.17) is 0 Å². The van der Waals surface area contributed by atoms with Gasteiger partial charge in [-0.1, -0.05) is 31.0 Å². The van der Waals surface area contributed by atoms with Gasteiger partial charge in [-0.25, -0.2) is 8.42 Å². The quantitative estimate of drug-likeness (QED) is 0.827. The minimum Gasteiger partial charge on any atom is -0.336 e. The van der Waals surface area contributed by atoms with Gasteiger partial charge in [0.2, 0.25) is 10.0 Å². The SMILES string of the molecule is CCCCS(=O)(=O)N1CCN(C(=O)c2cc(C)ccc2C)CC1. The summed E-state index contributed by atoms with van der Waals surface area (Å²) in [6.07, 6.45) is 1.55. The average molecular weight is 338 g/mol. The van der Waals surface area contributed by atoms with Gasteiger partial charge >= 0.3 is 0 Å². The topological polar surface area (TPSA) is 57.7 Å². The number of piperazine rings is 1. The highest BCUT2D eigenvalue weighted by molar-refractivity contribution is 7.89. The molecule has 1 aliphatic rings. The maximum absolute atomic E-state index is 12.7. The summed E-state index contributed by atoms with van der Waals surface area (Å²) in [6, 6.07) is 5.85. The van der Waals surface area contributed by atoms with Gasteiger partial charge in [-0.3, -0.25) is 4.79 Å². The molecule has 0 atom stereocenters. The van der Waals surface area contributed by atoms with Crippen molar-refractivity contribution in [2.45, 2.75) is 33.6 Å². The Morgan fingerprint density at radius 2 is 1.78 bits per heavy atom. The summed E-state index contributed by atoms with van der Waals surface area (Å²) in [4.78, 5) is 14.4. The molecule has 1 aromatic carbocycles. The molecule has 1 aliphatic heterocycles. The van der Waals surface area contributed by atoms with Crippen molar-refractivity contribution in [3.8, 4) is 0 Å². The first-order valence-electron chi connectivity index (χ1n) is 8.19. The first kappa shape index (κ1) is 17.9. The largest absolute Gasteiger partial charge is 0.336 e. The van der Waals surface area contributed by atoms with E-state index < -0.39 is 10.0 Å². The Morgan fingerprint density at radius 1 is 1.13 bits per heavy atom. The number of carbonyl (C=O) groups excluding carboxylic acids is 1. The van der Waals surface area contributed by atoms with Gasteiger partial charge in [0.15, 0.2) is 0 Å². The highest BCUT2D eigenvalue weighted by atomic mass is 32.2. The molecule has 2 rings (SSSR count). The molecule has 1 fully saturated rings. The molecule has 6 heteroatoms. The molecule has 0 bridgehead atoms. The molecule has 1 saturated heterocycles. The average Bonchev–Trinajstić information content (AvgIpc) is 2.54. The summed E-state index contributed by atoms with van der Waals surface area (Å²) in [5.41, 5.74) is 2.73. The lowest BCUT2D eigenvalue weighted by Gasteiger charge is -2.34. The fourth-order valence-electron chi connectivity index (χ4n) is 2.76. The maximum Gasteiger partial charge on any atom is 0.254 e. The van der Waals surface area contributed by atoms with E-state index in [-0.39, 0.29) is 11.7 Å². The lowest BCUT2D eigenvalue weighted by atomic mass is 10.0. The van der Waals surface area contributed by atoms with Crippen LogP contribution in [-0.4, -0.2) is 55.5 Å². The Kier molecular flexibility index (Phi) is 5.81. The molecular formula is C17H26N2O3S. The summed E-state index contributed by atoms with van der Waals surface area (Å²) in [6.45, 7) is 7.57. The van der Waals surface area contributed by atoms with E-state index in [2.05, 4.69) is 0 Å². The monoisotopic (exact) mass is 338 g/mol. The number of amides is 1. The maximum atomic E-state index is 12.7. The van der Waals surface area contributed by atoms with Crippen LogP contribution in [-0.2, 0) is 10.0 Å². The van der Waals surface area contributed by atoms with Gasteiger partial charge < -0.3 is 4.90 Å². The molecule has 1 amide bonds. The van der Waals surface area contributed by atoms with Crippen molar-refractivity contribution in [2.75, 3.05) is 31.9 Å². The predicted octanol–water partition coefficient (Wildman–Crippen LogP) is 2.19. The van der Waals surface area contributed by atoms with Crippen LogP contribution in [0.1, 0.15) is 41.3 Å². The van der Waals surface area contributed by atoms with Crippen molar-refractivity contribution in [3.63, 3.8) is 0 Å². The van der Waals surface area contributed by atoms with Gasteiger partial charge in [-0.15, -0.1) is 0 Å². The van der Waals surface area contributed by atoms with E-state index in [1.165, 1.54) is 4.31 Å². The fraction of sp³-hybridized carbons (Fsp3) is 0.588. The van der Waals surface area contributed by atoms with E-state index in [9.17, 15) is 13.2 Å². The van der Waals surface area contributed by atoms with E-state index in [1.54, 1.807) is 4.90 Å². The van der Waals surface area contributed by atoms with Crippen LogP contribution in [0.4, 0.5) is 0 Å². The number of nitrogens with zero attached hydrogens (tertiary/aromatic N) is 2. The van der Waals surface area contributed by atoms with Crippen molar-refractivity contribution < 1.29 is 13.2 Å². The second-order valence-electron chi connectivity index (χ2n) is 6.18. The zero-order valence-electron chi connectivity index (χ0n) is 14.2. The first-order chi connectivity index (χ1) is 10.8. The third-order valence-electron chi connectivity index (χ3n) is 4.30. The van der Waals surface area contributed by atoms with Gasteiger partial charge in [0, 0.05) is 31.7 Å². The lowest BCUT2D eigenvalue weighted by Crippen LogP contribution is -2.51. The van der Waals surface area contributed by atoms with Crippen molar-refractivity contribution in [3.05, 3.63) is 34.9 Å². The summed E-state index contributed by atoms with van der Waals surface area (Å²) < 4.78 is 25.9. The molecule has 128 valence electrons. The van der Waals surface area contributed by atoms with Crippen LogP contribution in [0.5, 0.6) is 0 Å². The Morgan fingerprint density at radius 3 is 2.39 bits per heavy atom. The zero-order valence-corrected chi connectivity index (χ0v) is 15.0. The normalized spacial score (nSPS) is 16.6. The van der Waals surface area contributed by atoms with Crippen molar-refractivity contribution in [1.82, 2.24) is 9.21 Å². The summed E-state index contributed by atoms with van der Waals surface area (Å²) in [5.74, 6) is 0.200. The van der Waals surface area contributed by atoms with E-state index in [0.29, 0.717) is 38.2 Å². The van der Waals surface area contributed by atoms with Crippen LogP contribution in [0.3, 0.4) is 0 Å². The number of hydrogen-bond donors (Lipinski definition) is 0. The molecule has 0 N–H and O–H groups in total. The Bertz CT molecular complexity index is 662. The number of rotatable bonds is 5. The number of carbonyl (C=O) groups is 1.